The van der Waals surface area contributed by atoms with Gasteiger partial charge in [0.1, 0.15) is 12.1 Å². The Hall–Kier alpha value is -2.76. The fraction of sp³-hybridized carbons (Fsp3) is 0.200. The van der Waals surface area contributed by atoms with Gasteiger partial charge in [-0.2, -0.15) is 5.10 Å². The molecule has 21 heavy (non-hydrogen) atoms. The van der Waals surface area contributed by atoms with Gasteiger partial charge in [0.15, 0.2) is 11.6 Å². The molecule has 2 heterocycles. The van der Waals surface area contributed by atoms with Crippen molar-refractivity contribution in [1.29, 1.82) is 0 Å². The molecule has 2 aromatic heterocycles. The van der Waals surface area contributed by atoms with Crippen LogP contribution in [-0.4, -0.2) is 31.7 Å². The smallest absolute Gasteiger partial charge is 0.199 e. The number of rotatable bonds is 5. The molecule has 1 aromatic carbocycles. The van der Waals surface area contributed by atoms with Crippen molar-refractivity contribution in [3.05, 3.63) is 42.7 Å². The molecule has 0 atom stereocenters. The second-order valence-corrected chi connectivity index (χ2v) is 4.59. The standard InChI is InChI=1S/C15H16N6/c1-2-8-16-13-9-12(11-6-4-3-5-7-11)19-15(20-13)14-17-10-18-21-14/h3-7,9-10H,2,8H2,1H3,(H,16,19,20)(H,17,18,21). The van der Waals surface area contributed by atoms with Crippen molar-refractivity contribution < 1.29 is 0 Å². The van der Waals surface area contributed by atoms with Crippen LogP contribution < -0.4 is 5.32 Å². The number of benzene rings is 1. The van der Waals surface area contributed by atoms with Crippen molar-refractivity contribution in [2.45, 2.75) is 13.3 Å². The fourth-order valence-corrected chi connectivity index (χ4v) is 1.97. The summed E-state index contributed by atoms with van der Waals surface area (Å²) in [6.45, 7) is 2.98. The monoisotopic (exact) mass is 280 g/mol. The van der Waals surface area contributed by atoms with E-state index in [2.05, 4.69) is 37.4 Å². The SMILES string of the molecule is CCCNc1cc(-c2ccccc2)nc(-c2ncn[nH]2)n1. The lowest BCUT2D eigenvalue weighted by atomic mass is 10.1. The van der Waals surface area contributed by atoms with Gasteiger partial charge in [0.2, 0.25) is 0 Å². The number of anilines is 1. The molecule has 0 amide bonds. The predicted octanol–water partition coefficient (Wildman–Crippen LogP) is 2.75. The van der Waals surface area contributed by atoms with Gasteiger partial charge in [-0.15, -0.1) is 0 Å². The van der Waals surface area contributed by atoms with Crippen LogP contribution in [0.5, 0.6) is 0 Å². The molecule has 2 N–H and O–H groups in total. The molecule has 3 rings (SSSR count). The Morgan fingerprint density at radius 3 is 2.71 bits per heavy atom. The predicted molar refractivity (Wildman–Crippen MR) is 81.6 cm³/mol. The molecule has 0 spiro atoms. The zero-order chi connectivity index (χ0) is 14.5. The molecule has 0 aliphatic rings. The number of nitrogens with zero attached hydrogens (tertiary/aromatic N) is 4. The zero-order valence-electron chi connectivity index (χ0n) is 11.7. The maximum atomic E-state index is 4.57. The minimum absolute atomic E-state index is 0.535. The quantitative estimate of drug-likeness (QED) is 0.751. The molecule has 106 valence electrons. The molecule has 0 saturated carbocycles. The normalized spacial score (nSPS) is 10.5. The molecule has 0 radical (unpaired) electrons. The summed E-state index contributed by atoms with van der Waals surface area (Å²) < 4.78 is 0. The van der Waals surface area contributed by atoms with E-state index in [1.165, 1.54) is 6.33 Å². The Bertz CT molecular complexity index is 693. The third kappa shape index (κ3) is 3.05. The number of aromatic nitrogens is 5. The van der Waals surface area contributed by atoms with Gasteiger partial charge in [-0.1, -0.05) is 37.3 Å². The van der Waals surface area contributed by atoms with E-state index >= 15 is 0 Å². The average Bonchev–Trinajstić information content (AvgIpc) is 3.08. The highest BCUT2D eigenvalue weighted by Gasteiger charge is 2.10. The highest BCUT2D eigenvalue weighted by Crippen LogP contribution is 2.22. The molecule has 0 aliphatic heterocycles. The molecular formula is C15H16N6. The first-order valence-electron chi connectivity index (χ1n) is 6.91. The third-order valence-electron chi connectivity index (χ3n) is 2.98. The van der Waals surface area contributed by atoms with Crippen LogP contribution in [0.4, 0.5) is 5.82 Å². The lowest BCUT2D eigenvalue weighted by Crippen LogP contribution is -2.05. The molecule has 0 aliphatic carbocycles. The highest BCUT2D eigenvalue weighted by atomic mass is 15.2. The Morgan fingerprint density at radius 1 is 1.14 bits per heavy atom. The van der Waals surface area contributed by atoms with Crippen LogP contribution in [0.25, 0.3) is 22.9 Å². The second-order valence-electron chi connectivity index (χ2n) is 4.59. The molecule has 0 bridgehead atoms. The topological polar surface area (TPSA) is 79.4 Å². The van der Waals surface area contributed by atoms with Crippen LogP contribution in [0.15, 0.2) is 42.7 Å². The summed E-state index contributed by atoms with van der Waals surface area (Å²) in [5.41, 5.74) is 1.90. The molecule has 3 aromatic rings. The van der Waals surface area contributed by atoms with E-state index in [0.717, 1.165) is 30.0 Å². The minimum atomic E-state index is 0.535. The summed E-state index contributed by atoms with van der Waals surface area (Å²) in [4.78, 5) is 13.2. The van der Waals surface area contributed by atoms with Crippen LogP contribution in [0.1, 0.15) is 13.3 Å². The van der Waals surface area contributed by atoms with Crippen LogP contribution in [0.2, 0.25) is 0 Å². The second kappa shape index (κ2) is 6.13. The van der Waals surface area contributed by atoms with Crippen molar-refractivity contribution >= 4 is 5.82 Å². The minimum Gasteiger partial charge on any atom is -0.370 e. The largest absolute Gasteiger partial charge is 0.370 e. The lowest BCUT2D eigenvalue weighted by Gasteiger charge is -2.08. The van der Waals surface area contributed by atoms with E-state index in [-0.39, 0.29) is 0 Å². The Balaban J connectivity index is 2.05. The molecule has 0 fully saturated rings. The van der Waals surface area contributed by atoms with Crippen molar-refractivity contribution in [2.75, 3.05) is 11.9 Å². The van der Waals surface area contributed by atoms with Gasteiger partial charge >= 0.3 is 0 Å². The van der Waals surface area contributed by atoms with E-state index in [1.54, 1.807) is 0 Å². The summed E-state index contributed by atoms with van der Waals surface area (Å²) >= 11 is 0. The number of aromatic amines is 1. The van der Waals surface area contributed by atoms with E-state index < -0.39 is 0 Å². The first-order chi connectivity index (χ1) is 10.4. The van der Waals surface area contributed by atoms with Crippen molar-refractivity contribution in [3.63, 3.8) is 0 Å². The van der Waals surface area contributed by atoms with Crippen molar-refractivity contribution in [3.8, 4) is 22.9 Å². The fourth-order valence-electron chi connectivity index (χ4n) is 1.97. The van der Waals surface area contributed by atoms with Crippen molar-refractivity contribution in [1.82, 2.24) is 25.1 Å². The van der Waals surface area contributed by atoms with Gasteiger partial charge in [-0.25, -0.2) is 15.0 Å². The van der Waals surface area contributed by atoms with Gasteiger partial charge in [0.25, 0.3) is 0 Å². The van der Waals surface area contributed by atoms with Gasteiger partial charge in [-0.3, -0.25) is 5.10 Å². The molecule has 6 nitrogen and oxygen atoms in total. The van der Waals surface area contributed by atoms with Crippen LogP contribution >= 0.6 is 0 Å². The average molecular weight is 280 g/mol. The first-order valence-corrected chi connectivity index (χ1v) is 6.91. The number of nitrogens with one attached hydrogen (secondary N) is 2. The Morgan fingerprint density at radius 2 is 2.00 bits per heavy atom. The van der Waals surface area contributed by atoms with E-state index in [4.69, 9.17) is 0 Å². The summed E-state index contributed by atoms with van der Waals surface area (Å²) in [5.74, 6) is 1.89. The van der Waals surface area contributed by atoms with Gasteiger partial charge in [0, 0.05) is 18.2 Å². The third-order valence-corrected chi connectivity index (χ3v) is 2.98. The highest BCUT2D eigenvalue weighted by molar-refractivity contribution is 5.65. The first kappa shape index (κ1) is 13.2. The van der Waals surface area contributed by atoms with E-state index in [1.807, 2.05) is 36.4 Å². The summed E-state index contributed by atoms with van der Waals surface area (Å²) in [7, 11) is 0. The molecular weight excluding hydrogens is 264 g/mol. The maximum absolute atomic E-state index is 4.57. The van der Waals surface area contributed by atoms with E-state index in [9.17, 15) is 0 Å². The van der Waals surface area contributed by atoms with Gasteiger partial charge in [0.05, 0.1) is 5.69 Å². The van der Waals surface area contributed by atoms with Crippen LogP contribution in [-0.2, 0) is 0 Å². The summed E-state index contributed by atoms with van der Waals surface area (Å²) in [6, 6.07) is 12.0. The Labute approximate surface area is 122 Å². The number of hydrogen-bond donors (Lipinski definition) is 2. The van der Waals surface area contributed by atoms with Crippen LogP contribution in [0, 0.1) is 0 Å². The van der Waals surface area contributed by atoms with Gasteiger partial charge in [-0.05, 0) is 6.42 Å². The summed E-state index contributed by atoms with van der Waals surface area (Å²) in [5, 5.41) is 9.95. The number of hydrogen-bond acceptors (Lipinski definition) is 5. The summed E-state index contributed by atoms with van der Waals surface area (Å²) in [6.07, 6.45) is 2.48. The van der Waals surface area contributed by atoms with Crippen LogP contribution in [0.3, 0.4) is 0 Å². The number of H-pyrrole nitrogens is 1. The molecule has 0 unspecified atom stereocenters. The Kier molecular flexibility index (Phi) is 3.86. The maximum Gasteiger partial charge on any atom is 0.199 e. The molecule has 6 heteroatoms. The molecule has 0 saturated heterocycles. The van der Waals surface area contributed by atoms with Crippen molar-refractivity contribution in [2.24, 2.45) is 0 Å². The lowest BCUT2D eigenvalue weighted by molar-refractivity contribution is 0.963. The van der Waals surface area contributed by atoms with E-state index in [0.29, 0.717) is 11.6 Å². The zero-order valence-corrected chi connectivity index (χ0v) is 11.7. The van der Waals surface area contributed by atoms with Gasteiger partial charge < -0.3 is 5.32 Å².